The summed E-state index contributed by atoms with van der Waals surface area (Å²) in [6.07, 6.45) is 1.13. The predicted octanol–water partition coefficient (Wildman–Crippen LogP) is 0.0676. The van der Waals surface area contributed by atoms with Gasteiger partial charge in [-0.1, -0.05) is 24.3 Å². The molecule has 0 saturated carbocycles. The van der Waals surface area contributed by atoms with E-state index in [0.29, 0.717) is 37.1 Å². The second-order valence-corrected chi connectivity index (χ2v) is 11.1. The molecule has 0 bridgehead atoms. The van der Waals surface area contributed by atoms with Crippen molar-refractivity contribution in [3.8, 4) is 0 Å². The molecule has 4 amide bonds. The zero-order valence-corrected chi connectivity index (χ0v) is 23.1. The van der Waals surface area contributed by atoms with Crippen molar-refractivity contribution in [1.29, 1.82) is 5.41 Å². The minimum Gasteiger partial charge on any atom is -0.384 e. The molecule has 0 radical (unpaired) electrons. The second-order valence-electron chi connectivity index (χ2n) is 9.43. The first-order chi connectivity index (χ1) is 19.0. The van der Waals surface area contributed by atoms with Crippen LogP contribution >= 0.6 is 0 Å². The predicted molar refractivity (Wildman–Crippen MR) is 151 cm³/mol. The number of piperidine rings is 1. The van der Waals surface area contributed by atoms with Crippen LogP contribution in [0.2, 0.25) is 0 Å². The Kier molecular flexibility index (Phi) is 10.6. The number of nitrogens with two attached hydrogens (primary N) is 2. The zero-order chi connectivity index (χ0) is 29.3. The van der Waals surface area contributed by atoms with Gasteiger partial charge < -0.3 is 32.3 Å². The molecule has 1 aliphatic rings. The van der Waals surface area contributed by atoms with Crippen molar-refractivity contribution < 1.29 is 22.8 Å². The highest BCUT2D eigenvalue weighted by atomic mass is 32.2. The van der Waals surface area contributed by atoms with Crippen LogP contribution < -0.4 is 32.1 Å². The Bertz CT molecular complexity index is 1340. The third kappa shape index (κ3) is 8.49. The third-order valence-electron chi connectivity index (χ3n) is 6.44. The molecule has 0 spiro atoms. The van der Waals surface area contributed by atoms with Crippen molar-refractivity contribution in [3.05, 3.63) is 59.7 Å². The smallest absolute Gasteiger partial charge is 0.314 e. The monoisotopic (exact) mass is 572 g/mol. The van der Waals surface area contributed by atoms with Crippen molar-refractivity contribution in [3.63, 3.8) is 0 Å². The topological polar surface area (TPSA) is 213 Å². The number of anilines is 1. The molecule has 2 aromatic carbocycles. The molecule has 9 N–H and O–H groups in total. The van der Waals surface area contributed by atoms with Crippen LogP contribution in [0.25, 0.3) is 0 Å². The van der Waals surface area contributed by atoms with Crippen LogP contribution in [-0.4, -0.2) is 75.8 Å². The number of amidine groups is 1. The fraction of sp³-hybridized carbons (Fsp3) is 0.385. The van der Waals surface area contributed by atoms with Crippen LogP contribution in [-0.2, 0) is 26.0 Å². The largest absolute Gasteiger partial charge is 0.384 e. The normalized spacial score (nSPS) is 14.7. The lowest BCUT2D eigenvalue weighted by Crippen LogP contribution is -2.54. The molecule has 1 atom stereocenters. The van der Waals surface area contributed by atoms with Crippen molar-refractivity contribution in [2.75, 3.05) is 32.0 Å². The number of carbonyl (C=O) groups excluding carboxylic acids is 3. The molecule has 1 heterocycles. The van der Waals surface area contributed by atoms with E-state index in [1.54, 1.807) is 35.2 Å². The van der Waals surface area contributed by atoms with Crippen LogP contribution in [0.3, 0.4) is 0 Å². The molecule has 0 aromatic heterocycles. The number of carbonyl (C=O) groups is 3. The summed E-state index contributed by atoms with van der Waals surface area (Å²) in [7, 11) is -2.67. The first-order valence-corrected chi connectivity index (χ1v) is 14.3. The summed E-state index contributed by atoms with van der Waals surface area (Å²) in [4.78, 5) is 38.7. The molecule has 1 fully saturated rings. The van der Waals surface area contributed by atoms with E-state index in [9.17, 15) is 22.8 Å². The number of nitrogens with zero attached hydrogens (tertiary/aromatic N) is 1. The van der Waals surface area contributed by atoms with E-state index >= 15 is 0 Å². The molecular formula is C26H36N8O5S. The van der Waals surface area contributed by atoms with E-state index in [2.05, 4.69) is 20.7 Å². The number of sulfonamides is 1. The maximum absolute atomic E-state index is 13.7. The van der Waals surface area contributed by atoms with Gasteiger partial charge in [0.05, 0.1) is 4.90 Å². The van der Waals surface area contributed by atoms with Gasteiger partial charge in [0, 0.05) is 50.4 Å². The van der Waals surface area contributed by atoms with Crippen molar-refractivity contribution in [1.82, 2.24) is 20.3 Å². The van der Waals surface area contributed by atoms with Crippen molar-refractivity contribution in [2.24, 2.45) is 11.5 Å². The summed E-state index contributed by atoms with van der Waals surface area (Å²) in [5, 5.41) is 15.7. The fourth-order valence-corrected chi connectivity index (χ4v) is 5.59. The van der Waals surface area contributed by atoms with Crippen LogP contribution in [0, 0.1) is 5.41 Å². The molecule has 216 valence electrons. The van der Waals surface area contributed by atoms with Gasteiger partial charge in [-0.2, -0.15) is 4.72 Å². The van der Waals surface area contributed by atoms with E-state index in [1.807, 2.05) is 0 Å². The molecule has 3 rings (SSSR count). The average Bonchev–Trinajstić information content (AvgIpc) is 2.93. The van der Waals surface area contributed by atoms with Crippen LogP contribution in [0.1, 0.15) is 30.4 Å². The Hall–Kier alpha value is -4.01. The van der Waals surface area contributed by atoms with Crippen molar-refractivity contribution in [2.45, 2.75) is 42.7 Å². The Balaban J connectivity index is 1.83. The number of hydrogen-bond donors (Lipinski definition) is 7. The minimum atomic E-state index is -4.20. The van der Waals surface area contributed by atoms with Gasteiger partial charge in [-0.05, 0) is 49.1 Å². The van der Waals surface area contributed by atoms with Gasteiger partial charge >= 0.3 is 6.03 Å². The summed E-state index contributed by atoms with van der Waals surface area (Å²) >= 11 is 0. The van der Waals surface area contributed by atoms with E-state index in [0.717, 1.165) is 0 Å². The molecule has 0 aliphatic carbocycles. The van der Waals surface area contributed by atoms with Gasteiger partial charge in [0.15, 0.2) is 0 Å². The van der Waals surface area contributed by atoms with Crippen molar-refractivity contribution >= 4 is 39.4 Å². The molecular weight excluding hydrogens is 536 g/mol. The van der Waals surface area contributed by atoms with Crippen LogP contribution in [0.15, 0.2) is 53.4 Å². The summed E-state index contributed by atoms with van der Waals surface area (Å²) in [6, 6.07) is 10.9. The first-order valence-electron chi connectivity index (χ1n) is 12.8. The molecule has 40 heavy (non-hydrogen) atoms. The zero-order valence-electron chi connectivity index (χ0n) is 22.3. The number of rotatable bonds is 11. The third-order valence-corrected chi connectivity index (χ3v) is 7.91. The first kappa shape index (κ1) is 30.5. The van der Waals surface area contributed by atoms with Gasteiger partial charge in [0.25, 0.3) is 0 Å². The Morgan fingerprint density at radius 2 is 1.80 bits per heavy atom. The minimum absolute atomic E-state index is 0.0164. The van der Waals surface area contributed by atoms with E-state index in [4.69, 9.17) is 16.9 Å². The lowest BCUT2D eigenvalue weighted by atomic mass is 10.0. The van der Waals surface area contributed by atoms with Gasteiger partial charge in [-0.3, -0.25) is 15.0 Å². The van der Waals surface area contributed by atoms with Crippen LogP contribution in [0.5, 0.6) is 0 Å². The van der Waals surface area contributed by atoms with Gasteiger partial charge in [0.1, 0.15) is 11.9 Å². The Morgan fingerprint density at radius 1 is 1.10 bits per heavy atom. The average molecular weight is 573 g/mol. The van der Waals surface area contributed by atoms with Gasteiger partial charge in [-0.25, -0.2) is 13.2 Å². The summed E-state index contributed by atoms with van der Waals surface area (Å²) < 4.78 is 29.4. The van der Waals surface area contributed by atoms with Crippen LogP contribution in [0.4, 0.5) is 10.5 Å². The standard InChI is InChI=1S/C26H36N8O5S/c1-30-26(37)32-19-9-12-34(13-10-19)25(36)22(15-17-4-2-5-18(14-17)24(28)29)33-40(38,39)21-7-3-6-20(16-21)31-23(35)8-11-27/h2-7,14,16,19,22,33H,8-13,15,27H2,1H3,(H3,28,29)(H,31,35)(H2,30,32,37)/t22-/m0/s1. The molecule has 1 saturated heterocycles. The fourth-order valence-electron chi connectivity index (χ4n) is 4.35. The summed E-state index contributed by atoms with van der Waals surface area (Å²) in [6.45, 7) is 0.822. The lowest BCUT2D eigenvalue weighted by molar-refractivity contribution is -0.134. The number of nitrogen functional groups attached to an aromatic ring is 1. The number of benzene rings is 2. The molecule has 1 aliphatic heterocycles. The number of amides is 4. The number of likely N-dealkylation sites (tertiary alicyclic amines) is 1. The summed E-state index contributed by atoms with van der Waals surface area (Å²) in [5.74, 6) is -0.912. The number of nitrogens with one attached hydrogen (secondary N) is 5. The highest BCUT2D eigenvalue weighted by Gasteiger charge is 2.32. The molecule has 2 aromatic rings. The molecule has 14 heteroatoms. The Morgan fingerprint density at radius 3 is 2.45 bits per heavy atom. The van der Waals surface area contributed by atoms with E-state index in [-0.39, 0.29) is 53.8 Å². The Labute approximate surface area is 233 Å². The highest BCUT2D eigenvalue weighted by molar-refractivity contribution is 7.89. The SMILES string of the molecule is CNC(=O)NC1CCN(C(=O)[C@H](Cc2cccc(C(=N)N)c2)NS(=O)(=O)c2cccc(NC(=O)CCN)c2)CC1. The number of hydrogen-bond acceptors (Lipinski definition) is 7. The summed E-state index contributed by atoms with van der Waals surface area (Å²) in [5.41, 5.74) is 12.4. The lowest BCUT2D eigenvalue weighted by Gasteiger charge is -2.34. The van der Waals surface area contributed by atoms with E-state index < -0.39 is 22.0 Å². The van der Waals surface area contributed by atoms with E-state index in [1.165, 1.54) is 25.2 Å². The quantitative estimate of drug-likeness (QED) is 0.145. The van der Waals surface area contributed by atoms with Gasteiger partial charge in [-0.15, -0.1) is 0 Å². The molecule has 0 unspecified atom stereocenters. The maximum Gasteiger partial charge on any atom is 0.314 e. The second kappa shape index (κ2) is 13.9. The highest BCUT2D eigenvalue weighted by Crippen LogP contribution is 2.19. The van der Waals surface area contributed by atoms with Gasteiger partial charge in [0.2, 0.25) is 21.8 Å². The maximum atomic E-state index is 13.7. The number of urea groups is 1. The molecule has 13 nitrogen and oxygen atoms in total.